The minimum absolute atomic E-state index is 0.156. The summed E-state index contributed by atoms with van der Waals surface area (Å²) in [6, 6.07) is 1.21. The van der Waals surface area contributed by atoms with Gasteiger partial charge in [-0.25, -0.2) is 4.79 Å². The molecule has 0 spiro atoms. The summed E-state index contributed by atoms with van der Waals surface area (Å²) < 4.78 is 34.7. The highest BCUT2D eigenvalue weighted by atomic mass is 32.3. The fourth-order valence-corrected chi connectivity index (χ4v) is 3.15. The first-order valence-corrected chi connectivity index (χ1v) is 8.19. The van der Waals surface area contributed by atoms with E-state index >= 15 is 0 Å². The van der Waals surface area contributed by atoms with Gasteiger partial charge in [0.1, 0.15) is 6.04 Å². The quantitative estimate of drug-likeness (QED) is 0.738. The van der Waals surface area contributed by atoms with Crippen LogP contribution in [0.4, 0.5) is 10.5 Å². The predicted octanol–water partition coefficient (Wildman–Crippen LogP) is 0.0231. The van der Waals surface area contributed by atoms with Gasteiger partial charge in [0.2, 0.25) is 5.91 Å². The second kappa shape index (κ2) is 5.76. The van der Waals surface area contributed by atoms with Crippen LogP contribution < -0.4 is 5.32 Å². The Morgan fingerprint density at radius 3 is 2.70 bits per heavy atom. The van der Waals surface area contributed by atoms with E-state index in [9.17, 15) is 18.0 Å². The van der Waals surface area contributed by atoms with Crippen LogP contribution >= 0.6 is 0 Å². The van der Waals surface area contributed by atoms with Crippen molar-refractivity contribution < 1.29 is 26.8 Å². The topological polar surface area (TPSA) is 129 Å². The summed E-state index contributed by atoms with van der Waals surface area (Å²) in [6.07, 6.45) is 3.79. The Morgan fingerprint density at radius 2 is 2.04 bits per heavy atom. The number of nitrogens with zero attached hydrogens (tertiary/aromatic N) is 3. The first-order chi connectivity index (χ1) is 10.8. The van der Waals surface area contributed by atoms with E-state index < -0.39 is 28.5 Å². The first kappa shape index (κ1) is 15.6. The highest BCUT2D eigenvalue weighted by Gasteiger charge is 2.49. The maximum Gasteiger partial charge on any atom is 0.418 e. The molecule has 0 unspecified atom stereocenters. The minimum Gasteiger partial charge on any atom is -0.324 e. The predicted molar refractivity (Wildman–Crippen MR) is 76.3 cm³/mol. The molecule has 2 bridgehead atoms. The van der Waals surface area contributed by atoms with Gasteiger partial charge in [-0.1, -0.05) is 0 Å². The van der Waals surface area contributed by atoms with E-state index in [0.717, 1.165) is 0 Å². The van der Waals surface area contributed by atoms with Crippen LogP contribution in [0, 0.1) is 0 Å². The molecule has 2 aliphatic rings. The van der Waals surface area contributed by atoms with Crippen molar-refractivity contribution >= 4 is 28.0 Å². The number of hydrogen-bond acceptors (Lipinski definition) is 6. The zero-order chi connectivity index (χ0) is 16.6. The molecular weight excluding hydrogens is 328 g/mol. The standard InChI is InChI=1S/C12H14N4O6S/c17-11(14-8-3-5-13-6-4-8)10-2-1-9-7-15(10)12(18)16(9)22-23(19,20)21/h3-6,9-10H,1-2,7H2,(H,13,14,17)(H,19,20,21)/t9-,10-/m0/s1. The third kappa shape index (κ3) is 3.25. The zero-order valence-electron chi connectivity index (χ0n) is 11.8. The van der Waals surface area contributed by atoms with Crippen LogP contribution in [0.15, 0.2) is 24.5 Å². The lowest BCUT2D eigenvalue weighted by molar-refractivity contribution is -0.120. The van der Waals surface area contributed by atoms with Crippen molar-refractivity contribution in [3.05, 3.63) is 24.5 Å². The molecule has 0 saturated carbocycles. The molecule has 10 nitrogen and oxygen atoms in total. The summed E-state index contributed by atoms with van der Waals surface area (Å²) in [6.45, 7) is 0.156. The van der Waals surface area contributed by atoms with Crippen LogP contribution in [-0.2, 0) is 19.5 Å². The first-order valence-electron chi connectivity index (χ1n) is 6.83. The highest BCUT2D eigenvalue weighted by Crippen LogP contribution is 2.31. The van der Waals surface area contributed by atoms with Crippen LogP contribution in [0.25, 0.3) is 0 Å². The van der Waals surface area contributed by atoms with Gasteiger partial charge in [0.15, 0.2) is 0 Å². The highest BCUT2D eigenvalue weighted by molar-refractivity contribution is 7.80. The van der Waals surface area contributed by atoms with Crippen molar-refractivity contribution in [3.63, 3.8) is 0 Å². The Hall–Kier alpha value is -2.24. The number of carbonyl (C=O) groups is 2. The maximum absolute atomic E-state index is 12.3. The zero-order valence-corrected chi connectivity index (χ0v) is 12.6. The van der Waals surface area contributed by atoms with Gasteiger partial charge in [0, 0.05) is 24.6 Å². The average molecular weight is 342 g/mol. The van der Waals surface area contributed by atoms with Crippen molar-refractivity contribution in [2.75, 3.05) is 11.9 Å². The number of aromatic nitrogens is 1. The van der Waals surface area contributed by atoms with Crippen molar-refractivity contribution in [1.82, 2.24) is 14.9 Å². The smallest absolute Gasteiger partial charge is 0.324 e. The molecule has 11 heteroatoms. The second-order valence-corrected chi connectivity index (χ2v) is 6.24. The van der Waals surface area contributed by atoms with E-state index in [1.807, 2.05) is 0 Å². The number of nitrogens with one attached hydrogen (secondary N) is 1. The molecule has 2 fully saturated rings. The summed E-state index contributed by atoms with van der Waals surface area (Å²) in [5.41, 5.74) is 0.546. The largest absolute Gasteiger partial charge is 0.418 e. The van der Waals surface area contributed by atoms with Gasteiger partial charge in [-0.05, 0) is 25.0 Å². The molecule has 3 rings (SSSR count). The fraction of sp³-hybridized carbons (Fsp3) is 0.417. The molecule has 0 radical (unpaired) electrons. The van der Waals surface area contributed by atoms with Crippen molar-refractivity contribution in [3.8, 4) is 0 Å². The van der Waals surface area contributed by atoms with E-state index in [0.29, 0.717) is 23.6 Å². The Labute approximate surface area is 131 Å². The summed E-state index contributed by atoms with van der Waals surface area (Å²) in [5.74, 6) is -0.378. The van der Waals surface area contributed by atoms with Crippen molar-refractivity contribution in [2.24, 2.45) is 0 Å². The van der Waals surface area contributed by atoms with Crippen LogP contribution in [0.3, 0.4) is 0 Å². The Balaban J connectivity index is 1.72. The molecule has 0 aliphatic carbocycles. The van der Waals surface area contributed by atoms with Gasteiger partial charge < -0.3 is 10.2 Å². The molecule has 2 aliphatic heterocycles. The summed E-state index contributed by atoms with van der Waals surface area (Å²) >= 11 is 0. The van der Waals surface area contributed by atoms with Gasteiger partial charge in [0.05, 0.1) is 6.04 Å². The van der Waals surface area contributed by atoms with Crippen LogP contribution in [-0.4, -0.2) is 58.5 Å². The number of urea groups is 1. The summed E-state index contributed by atoms with van der Waals surface area (Å²) in [5, 5.41) is 3.28. The SMILES string of the molecule is O=C(Nc1ccncc1)[C@@H]1CC[C@H]2CN1C(=O)N2OS(=O)(=O)O. The molecular formula is C12H14N4O6S. The summed E-state index contributed by atoms with van der Waals surface area (Å²) in [4.78, 5) is 29.6. The number of fused-ring (bicyclic) bond motifs is 2. The van der Waals surface area contributed by atoms with Crippen molar-refractivity contribution in [2.45, 2.75) is 24.9 Å². The number of carbonyl (C=O) groups excluding carboxylic acids is 2. The van der Waals surface area contributed by atoms with Crippen LogP contribution in [0.1, 0.15) is 12.8 Å². The monoisotopic (exact) mass is 342 g/mol. The second-order valence-electron chi connectivity index (χ2n) is 5.24. The molecule has 3 heterocycles. The molecule has 1 aromatic rings. The molecule has 124 valence electrons. The molecule has 2 atom stereocenters. The van der Waals surface area contributed by atoms with Crippen LogP contribution in [0.2, 0.25) is 0 Å². The number of hydrogen-bond donors (Lipinski definition) is 2. The minimum atomic E-state index is -4.79. The van der Waals surface area contributed by atoms with Crippen molar-refractivity contribution in [1.29, 1.82) is 0 Å². The van der Waals surface area contributed by atoms with Gasteiger partial charge >= 0.3 is 16.4 Å². The fourth-order valence-electron chi connectivity index (χ4n) is 2.76. The summed E-state index contributed by atoms with van der Waals surface area (Å²) in [7, 11) is -4.79. The van der Waals surface area contributed by atoms with E-state index in [1.165, 1.54) is 17.3 Å². The number of hydroxylamine groups is 2. The number of rotatable bonds is 4. The lowest BCUT2D eigenvalue weighted by Gasteiger charge is -2.29. The van der Waals surface area contributed by atoms with E-state index in [2.05, 4.69) is 14.6 Å². The van der Waals surface area contributed by atoms with E-state index in [-0.39, 0.29) is 12.5 Å². The molecule has 2 N–H and O–H groups in total. The Kier molecular flexibility index (Phi) is 3.92. The number of amides is 3. The lowest BCUT2D eigenvalue weighted by Crippen LogP contribution is -2.47. The Bertz CT molecular complexity index is 724. The third-order valence-corrected chi connectivity index (χ3v) is 4.10. The molecule has 0 aromatic carbocycles. The normalized spacial score (nSPS) is 24.0. The third-order valence-electron chi connectivity index (χ3n) is 3.75. The number of anilines is 1. The van der Waals surface area contributed by atoms with Gasteiger partial charge in [-0.15, -0.1) is 4.28 Å². The number of piperidine rings is 1. The maximum atomic E-state index is 12.3. The molecule has 1 aromatic heterocycles. The van der Waals surface area contributed by atoms with Gasteiger partial charge in [-0.2, -0.15) is 13.5 Å². The average Bonchev–Trinajstić information content (AvgIpc) is 2.72. The Morgan fingerprint density at radius 1 is 1.35 bits per heavy atom. The van der Waals surface area contributed by atoms with Gasteiger partial charge in [0.25, 0.3) is 0 Å². The van der Waals surface area contributed by atoms with Crippen LogP contribution in [0.5, 0.6) is 0 Å². The molecule has 23 heavy (non-hydrogen) atoms. The number of pyridine rings is 1. The molecule has 3 amide bonds. The molecule has 2 saturated heterocycles. The van der Waals surface area contributed by atoms with E-state index in [1.54, 1.807) is 12.1 Å². The van der Waals surface area contributed by atoms with Gasteiger partial charge in [-0.3, -0.25) is 14.3 Å². The van der Waals surface area contributed by atoms with E-state index in [4.69, 9.17) is 4.55 Å². The lowest BCUT2D eigenvalue weighted by atomic mass is 10.0.